The fourth-order valence-corrected chi connectivity index (χ4v) is 3.11. The zero-order chi connectivity index (χ0) is 14.5. The van der Waals surface area contributed by atoms with Gasteiger partial charge in [-0.1, -0.05) is 6.92 Å². The zero-order valence-electron chi connectivity index (χ0n) is 12.0. The highest BCUT2D eigenvalue weighted by molar-refractivity contribution is 7.15. The lowest BCUT2D eigenvalue weighted by Crippen LogP contribution is -2.43. The molecule has 2 rings (SSSR count). The van der Waals surface area contributed by atoms with Crippen LogP contribution in [0.4, 0.5) is 5.00 Å². The van der Waals surface area contributed by atoms with Crippen molar-refractivity contribution in [2.24, 2.45) is 5.92 Å². The Bertz CT molecular complexity index is 487. The number of hydrogen-bond acceptors (Lipinski definition) is 4. The molecule has 110 valence electrons. The Morgan fingerprint density at radius 2 is 2.35 bits per heavy atom. The minimum absolute atomic E-state index is 0.00245. The first-order valence-corrected chi connectivity index (χ1v) is 7.93. The number of nitrogens with one attached hydrogen (secondary N) is 1. The molecule has 0 saturated carbocycles. The number of amides is 2. The van der Waals surface area contributed by atoms with Crippen LogP contribution in [0.1, 0.15) is 37.6 Å². The van der Waals surface area contributed by atoms with E-state index in [2.05, 4.69) is 10.3 Å². The van der Waals surface area contributed by atoms with Crippen LogP contribution in [0.25, 0.3) is 0 Å². The van der Waals surface area contributed by atoms with Gasteiger partial charge in [-0.05, 0) is 26.2 Å². The van der Waals surface area contributed by atoms with E-state index in [0.29, 0.717) is 13.0 Å². The van der Waals surface area contributed by atoms with Gasteiger partial charge in [-0.3, -0.25) is 9.59 Å². The molecule has 0 aromatic carbocycles. The van der Waals surface area contributed by atoms with Crippen molar-refractivity contribution in [1.29, 1.82) is 0 Å². The van der Waals surface area contributed by atoms with Gasteiger partial charge in [0, 0.05) is 19.5 Å². The number of rotatable bonds is 4. The molecule has 20 heavy (non-hydrogen) atoms. The Morgan fingerprint density at radius 3 is 3.00 bits per heavy atom. The molecule has 1 saturated heterocycles. The number of likely N-dealkylation sites (tertiary alicyclic amines) is 1. The summed E-state index contributed by atoms with van der Waals surface area (Å²) < 4.78 is 0. The molecule has 0 bridgehead atoms. The van der Waals surface area contributed by atoms with Crippen LogP contribution in [-0.4, -0.2) is 34.8 Å². The van der Waals surface area contributed by atoms with Crippen molar-refractivity contribution in [2.75, 3.05) is 18.4 Å². The third-order valence-corrected chi connectivity index (χ3v) is 4.30. The van der Waals surface area contributed by atoms with E-state index in [-0.39, 0.29) is 17.7 Å². The first-order chi connectivity index (χ1) is 9.60. The van der Waals surface area contributed by atoms with E-state index in [9.17, 15) is 9.59 Å². The van der Waals surface area contributed by atoms with Crippen LogP contribution in [0.2, 0.25) is 0 Å². The highest BCUT2D eigenvalue weighted by Crippen LogP contribution is 2.22. The van der Waals surface area contributed by atoms with Crippen LogP contribution >= 0.6 is 11.3 Å². The monoisotopic (exact) mass is 295 g/mol. The maximum Gasteiger partial charge on any atom is 0.229 e. The van der Waals surface area contributed by atoms with Crippen molar-refractivity contribution >= 4 is 28.2 Å². The Hall–Kier alpha value is -1.43. The van der Waals surface area contributed by atoms with E-state index in [1.165, 1.54) is 11.3 Å². The van der Waals surface area contributed by atoms with Gasteiger partial charge in [0.2, 0.25) is 11.8 Å². The van der Waals surface area contributed by atoms with Crippen LogP contribution in [0.5, 0.6) is 0 Å². The highest BCUT2D eigenvalue weighted by Gasteiger charge is 2.28. The standard InChI is InChI=1S/C14H21N3O2S/c1-3-5-13(18)17-7-4-6-11(9-17)14(19)16-12-8-15-10(2)20-12/h8,11H,3-7,9H2,1-2H3,(H,16,19). The average Bonchev–Trinajstić information content (AvgIpc) is 2.84. The van der Waals surface area contributed by atoms with Crippen molar-refractivity contribution in [3.63, 3.8) is 0 Å². The molecule has 0 spiro atoms. The van der Waals surface area contributed by atoms with Crippen molar-refractivity contribution in [3.05, 3.63) is 11.2 Å². The number of aromatic nitrogens is 1. The third-order valence-electron chi connectivity index (χ3n) is 3.48. The van der Waals surface area contributed by atoms with Crippen molar-refractivity contribution in [2.45, 2.75) is 39.5 Å². The predicted molar refractivity (Wildman–Crippen MR) is 79.7 cm³/mol. The smallest absolute Gasteiger partial charge is 0.229 e. The number of carbonyl (C=O) groups excluding carboxylic acids is 2. The second-order valence-corrected chi connectivity index (χ2v) is 6.40. The number of hydrogen-bond donors (Lipinski definition) is 1. The van der Waals surface area contributed by atoms with E-state index >= 15 is 0 Å². The number of nitrogens with zero attached hydrogens (tertiary/aromatic N) is 2. The second-order valence-electron chi connectivity index (χ2n) is 5.16. The minimum atomic E-state index is -0.105. The second kappa shape index (κ2) is 6.83. The van der Waals surface area contributed by atoms with Crippen LogP contribution in [0.15, 0.2) is 6.20 Å². The first kappa shape index (κ1) is 15.0. The number of carbonyl (C=O) groups is 2. The summed E-state index contributed by atoms with van der Waals surface area (Å²) >= 11 is 1.47. The number of aryl methyl sites for hydroxylation is 1. The lowest BCUT2D eigenvalue weighted by molar-refractivity contribution is -0.134. The van der Waals surface area contributed by atoms with Gasteiger partial charge in [0.05, 0.1) is 17.1 Å². The molecule has 6 heteroatoms. The Balaban J connectivity index is 1.91. The quantitative estimate of drug-likeness (QED) is 0.928. The maximum absolute atomic E-state index is 12.2. The summed E-state index contributed by atoms with van der Waals surface area (Å²) in [6, 6.07) is 0. The normalized spacial score (nSPS) is 18.9. The van der Waals surface area contributed by atoms with Crippen molar-refractivity contribution in [1.82, 2.24) is 9.88 Å². The third kappa shape index (κ3) is 3.79. The van der Waals surface area contributed by atoms with Gasteiger partial charge in [-0.25, -0.2) is 4.98 Å². The van der Waals surface area contributed by atoms with Gasteiger partial charge in [0.15, 0.2) is 0 Å². The summed E-state index contributed by atoms with van der Waals surface area (Å²) in [7, 11) is 0. The molecule has 1 aliphatic heterocycles. The summed E-state index contributed by atoms with van der Waals surface area (Å²) in [4.78, 5) is 30.1. The van der Waals surface area contributed by atoms with E-state index in [1.54, 1.807) is 6.20 Å². The van der Waals surface area contributed by atoms with Crippen LogP contribution in [0.3, 0.4) is 0 Å². The summed E-state index contributed by atoms with van der Waals surface area (Å²) in [5.41, 5.74) is 0. The van der Waals surface area contributed by atoms with Crippen LogP contribution in [0, 0.1) is 12.8 Å². The number of piperidine rings is 1. The molecule has 1 aliphatic rings. The zero-order valence-corrected chi connectivity index (χ0v) is 12.8. The number of anilines is 1. The fourth-order valence-electron chi connectivity index (χ4n) is 2.43. The SMILES string of the molecule is CCCC(=O)N1CCCC(C(=O)Nc2cnc(C)s2)C1. The van der Waals surface area contributed by atoms with Gasteiger partial charge in [-0.15, -0.1) is 11.3 Å². The summed E-state index contributed by atoms with van der Waals surface area (Å²) in [5, 5.41) is 4.62. The number of thiazole rings is 1. The first-order valence-electron chi connectivity index (χ1n) is 7.11. The van der Waals surface area contributed by atoms with E-state index in [0.717, 1.165) is 35.8 Å². The molecule has 1 aromatic rings. The minimum Gasteiger partial charge on any atom is -0.342 e. The Morgan fingerprint density at radius 1 is 1.55 bits per heavy atom. The fraction of sp³-hybridized carbons (Fsp3) is 0.643. The molecule has 0 aliphatic carbocycles. The summed E-state index contributed by atoms with van der Waals surface area (Å²) in [6.45, 7) is 5.23. The highest BCUT2D eigenvalue weighted by atomic mass is 32.1. The molecule has 1 N–H and O–H groups in total. The van der Waals surface area contributed by atoms with Gasteiger partial charge in [0.1, 0.15) is 5.00 Å². The summed E-state index contributed by atoms with van der Waals surface area (Å²) in [5.74, 6) is 0.0632. The summed E-state index contributed by atoms with van der Waals surface area (Å²) in [6.07, 6.45) is 4.85. The molecule has 1 aromatic heterocycles. The predicted octanol–water partition coefficient (Wildman–Crippen LogP) is 2.43. The van der Waals surface area contributed by atoms with Crippen molar-refractivity contribution in [3.8, 4) is 0 Å². The topological polar surface area (TPSA) is 62.3 Å². The largest absolute Gasteiger partial charge is 0.342 e. The van der Waals surface area contributed by atoms with Crippen LogP contribution in [-0.2, 0) is 9.59 Å². The molecule has 1 unspecified atom stereocenters. The van der Waals surface area contributed by atoms with Crippen LogP contribution < -0.4 is 5.32 Å². The molecule has 2 amide bonds. The molecule has 0 radical (unpaired) electrons. The van der Waals surface area contributed by atoms with Gasteiger partial charge in [0.25, 0.3) is 0 Å². The molecular formula is C14H21N3O2S. The molecule has 5 nitrogen and oxygen atoms in total. The average molecular weight is 295 g/mol. The van der Waals surface area contributed by atoms with Gasteiger partial charge in [-0.2, -0.15) is 0 Å². The molecule has 1 atom stereocenters. The van der Waals surface area contributed by atoms with E-state index in [1.807, 2.05) is 18.7 Å². The molecule has 1 fully saturated rings. The maximum atomic E-state index is 12.2. The lowest BCUT2D eigenvalue weighted by Gasteiger charge is -2.32. The molecule has 2 heterocycles. The Labute approximate surface area is 123 Å². The Kier molecular flexibility index (Phi) is 5.11. The van der Waals surface area contributed by atoms with Gasteiger partial charge < -0.3 is 10.2 Å². The van der Waals surface area contributed by atoms with Crippen molar-refractivity contribution < 1.29 is 9.59 Å². The van der Waals surface area contributed by atoms with Gasteiger partial charge >= 0.3 is 0 Å². The van der Waals surface area contributed by atoms with E-state index in [4.69, 9.17) is 0 Å². The van der Waals surface area contributed by atoms with E-state index < -0.39 is 0 Å². The lowest BCUT2D eigenvalue weighted by atomic mass is 9.97. The molecular weight excluding hydrogens is 274 g/mol.